The van der Waals surface area contributed by atoms with Gasteiger partial charge in [0.2, 0.25) is 6.73 Å². The molecule has 0 aromatic heterocycles. The quantitative estimate of drug-likeness (QED) is 0.596. The van der Waals surface area contributed by atoms with E-state index in [1.165, 1.54) is 12.1 Å². The van der Waals surface area contributed by atoms with Crippen LogP contribution in [0.3, 0.4) is 0 Å². The van der Waals surface area contributed by atoms with E-state index < -0.39 is 0 Å². The van der Waals surface area contributed by atoms with Gasteiger partial charge in [-0.15, -0.1) is 0 Å². The summed E-state index contributed by atoms with van der Waals surface area (Å²) in [6.45, 7) is 0.367. The van der Waals surface area contributed by atoms with E-state index >= 15 is 0 Å². The first-order valence-corrected chi connectivity index (χ1v) is 3.00. The summed E-state index contributed by atoms with van der Waals surface area (Å²) in [5.41, 5.74) is 3.49. The molecule has 0 aliphatic carbocycles. The summed E-state index contributed by atoms with van der Waals surface area (Å²) < 4.78 is 17.2. The van der Waals surface area contributed by atoms with E-state index in [4.69, 9.17) is 4.74 Å². The van der Waals surface area contributed by atoms with Gasteiger partial charge < -0.3 is 10.5 Å². The van der Waals surface area contributed by atoms with Crippen LogP contribution < -0.4 is 10.5 Å². The summed E-state index contributed by atoms with van der Waals surface area (Å²) in [5.74, 6) is 0.396. The molecule has 0 bridgehead atoms. The smallest absolute Gasteiger partial charge is 0.219 e. The Labute approximate surface area is 58.4 Å². The molecule has 0 atom stereocenters. The number of benzene rings is 1. The molecule has 2 nitrogen and oxygen atoms in total. The standard InChI is InChI=1S/C7H8FNO/c8-6-1-3-7(4-2-6)10-5-9/h1-4H,5,9H2/p+1. The van der Waals surface area contributed by atoms with Crippen LogP contribution in [0.25, 0.3) is 0 Å². The van der Waals surface area contributed by atoms with Crippen molar-refractivity contribution >= 4 is 0 Å². The molecule has 0 unspecified atom stereocenters. The normalized spacial score (nSPS) is 9.40. The molecule has 1 rings (SSSR count). The SMILES string of the molecule is [NH3+]COc1ccc(F)cc1. The number of hydrogen-bond acceptors (Lipinski definition) is 1. The fraction of sp³-hybridized carbons (Fsp3) is 0.143. The van der Waals surface area contributed by atoms with E-state index in [2.05, 4.69) is 5.73 Å². The van der Waals surface area contributed by atoms with Gasteiger partial charge in [-0.05, 0) is 24.3 Å². The summed E-state index contributed by atoms with van der Waals surface area (Å²) in [6, 6.07) is 5.84. The van der Waals surface area contributed by atoms with Crippen LogP contribution in [-0.2, 0) is 0 Å². The first-order chi connectivity index (χ1) is 4.83. The average Bonchev–Trinajstić information content (AvgIpc) is 1.95. The van der Waals surface area contributed by atoms with Crippen LogP contribution in [0.4, 0.5) is 4.39 Å². The maximum Gasteiger partial charge on any atom is 0.219 e. The van der Waals surface area contributed by atoms with Crippen LogP contribution in [0.15, 0.2) is 24.3 Å². The third-order valence-electron chi connectivity index (χ3n) is 1.08. The maximum absolute atomic E-state index is 12.3. The lowest BCUT2D eigenvalue weighted by molar-refractivity contribution is -0.413. The van der Waals surface area contributed by atoms with Gasteiger partial charge in [-0.1, -0.05) is 0 Å². The van der Waals surface area contributed by atoms with E-state index in [0.717, 1.165) is 0 Å². The lowest BCUT2D eigenvalue weighted by Gasteiger charge is -1.97. The van der Waals surface area contributed by atoms with Crippen molar-refractivity contribution in [2.24, 2.45) is 0 Å². The van der Waals surface area contributed by atoms with Gasteiger partial charge in [-0.2, -0.15) is 0 Å². The van der Waals surface area contributed by atoms with Gasteiger partial charge in [0.25, 0.3) is 0 Å². The van der Waals surface area contributed by atoms with Crippen LogP contribution in [0.5, 0.6) is 5.75 Å². The fourth-order valence-electron chi connectivity index (χ4n) is 0.649. The number of ether oxygens (including phenoxy) is 1. The van der Waals surface area contributed by atoms with E-state index in [1.807, 2.05) is 0 Å². The van der Waals surface area contributed by atoms with Crippen molar-refractivity contribution in [3.63, 3.8) is 0 Å². The fourth-order valence-corrected chi connectivity index (χ4v) is 0.649. The third kappa shape index (κ3) is 1.70. The second-order valence-corrected chi connectivity index (χ2v) is 1.80. The minimum absolute atomic E-state index is 0.253. The molecule has 0 heterocycles. The van der Waals surface area contributed by atoms with Crippen molar-refractivity contribution < 1.29 is 14.9 Å². The highest BCUT2D eigenvalue weighted by atomic mass is 19.1. The lowest BCUT2D eigenvalue weighted by Crippen LogP contribution is -2.53. The van der Waals surface area contributed by atoms with Gasteiger partial charge in [0.05, 0.1) is 0 Å². The second-order valence-electron chi connectivity index (χ2n) is 1.80. The Bertz CT molecular complexity index is 197. The molecule has 54 valence electrons. The van der Waals surface area contributed by atoms with Crippen LogP contribution in [0, 0.1) is 5.82 Å². The zero-order chi connectivity index (χ0) is 7.40. The maximum atomic E-state index is 12.3. The average molecular weight is 142 g/mol. The number of quaternary nitrogens is 1. The van der Waals surface area contributed by atoms with Gasteiger partial charge in [-0.3, -0.25) is 0 Å². The monoisotopic (exact) mass is 142 g/mol. The lowest BCUT2D eigenvalue weighted by atomic mass is 10.3. The highest BCUT2D eigenvalue weighted by Gasteiger charge is 1.91. The minimum Gasteiger partial charge on any atom is -0.446 e. The zero-order valence-corrected chi connectivity index (χ0v) is 5.51. The van der Waals surface area contributed by atoms with Crippen LogP contribution in [-0.4, -0.2) is 6.73 Å². The van der Waals surface area contributed by atoms with Crippen molar-refractivity contribution in [2.45, 2.75) is 0 Å². The Morgan fingerprint density at radius 3 is 2.40 bits per heavy atom. The highest BCUT2D eigenvalue weighted by molar-refractivity contribution is 5.21. The van der Waals surface area contributed by atoms with E-state index in [-0.39, 0.29) is 5.82 Å². The summed E-state index contributed by atoms with van der Waals surface area (Å²) >= 11 is 0. The molecule has 0 spiro atoms. The van der Waals surface area contributed by atoms with Crippen LogP contribution >= 0.6 is 0 Å². The first kappa shape index (κ1) is 7.02. The topological polar surface area (TPSA) is 36.9 Å². The minimum atomic E-state index is -0.253. The molecular formula is C7H9FNO+. The summed E-state index contributed by atoms with van der Waals surface area (Å²) in [4.78, 5) is 0. The Kier molecular flexibility index (Phi) is 2.23. The molecule has 1 aromatic rings. The van der Waals surface area contributed by atoms with Gasteiger partial charge in [0.1, 0.15) is 11.6 Å². The zero-order valence-electron chi connectivity index (χ0n) is 5.51. The van der Waals surface area contributed by atoms with Gasteiger partial charge in [0, 0.05) is 0 Å². The molecule has 3 N–H and O–H groups in total. The van der Waals surface area contributed by atoms with Crippen molar-refractivity contribution in [3.8, 4) is 5.75 Å². The summed E-state index contributed by atoms with van der Waals surface area (Å²) in [7, 11) is 0. The second kappa shape index (κ2) is 3.17. The Morgan fingerprint density at radius 1 is 1.30 bits per heavy atom. The summed E-state index contributed by atoms with van der Waals surface area (Å²) in [5, 5.41) is 0. The van der Waals surface area contributed by atoms with Crippen LogP contribution in [0.1, 0.15) is 0 Å². The third-order valence-corrected chi connectivity index (χ3v) is 1.08. The van der Waals surface area contributed by atoms with Crippen LogP contribution in [0.2, 0.25) is 0 Å². The molecule has 0 saturated heterocycles. The molecule has 3 heteroatoms. The highest BCUT2D eigenvalue weighted by Crippen LogP contribution is 2.09. The molecule has 0 saturated carbocycles. The molecule has 0 amide bonds. The number of hydrogen-bond donors (Lipinski definition) is 1. The van der Waals surface area contributed by atoms with Crippen molar-refractivity contribution in [1.29, 1.82) is 0 Å². The summed E-state index contributed by atoms with van der Waals surface area (Å²) in [6.07, 6.45) is 0. The Balaban J connectivity index is 2.69. The number of rotatable bonds is 2. The largest absolute Gasteiger partial charge is 0.446 e. The van der Waals surface area contributed by atoms with E-state index in [9.17, 15) is 4.39 Å². The van der Waals surface area contributed by atoms with Crippen molar-refractivity contribution in [1.82, 2.24) is 0 Å². The van der Waals surface area contributed by atoms with Gasteiger partial charge in [0.15, 0.2) is 0 Å². The number of halogens is 1. The molecule has 0 fully saturated rings. The molecule has 1 aromatic carbocycles. The Morgan fingerprint density at radius 2 is 1.90 bits per heavy atom. The molecule has 0 aliphatic heterocycles. The Hall–Kier alpha value is -1.09. The van der Waals surface area contributed by atoms with Crippen molar-refractivity contribution in [2.75, 3.05) is 6.73 Å². The van der Waals surface area contributed by atoms with Gasteiger partial charge in [-0.25, -0.2) is 4.39 Å². The van der Waals surface area contributed by atoms with Gasteiger partial charge >= 0.3 is 0 Å². The van der Waals surface area contributed by atoms with E-state index in [1.54, 1.807) is 12.1 Å². The molecule has 0 aliphatic rings. The predicted octanol–water partition coefficient (Wildman–Crippen LogP) is 0.404. The first-order valence-electron chi connectivity index (χ1n) is 3.00. The molecule has 0 radical (unpaired) electrons. The molecule has 10 heavy (non-hydrogen) atoms. The van der Waals surface area contributed by atoms with Crippen molar-refractivity contribution in [3.05, 3.63) is 30.1 Å². The predicted molar refractivity (Wildman–Crippen MR) is 34.8 cm³/mol. The van der Waals surface area contributed by atoms with E-state index in [0.29, 0.717) is 12.5 Å². The molecular weight excluding hydrogens is 133 g/mol.